The lowest BCUT2D eigenvalue weighted by atomic mass is 9.88. The Morgan fingerprint density at radius 2 is 2.10 bits per heavy atom. The molecule has 0 unspecified atom stereocenters. The number of carbonyl (C=O) groups excluding carboxylic acids is 3. The molecule has 6 nitrogen and oxygen atoms in total. The van der Waals surface area contributed by atoms with Crippen molar-refractivity contribution in [3.8, 4) is 0 Å². The second-order valence-corrected chi connectivity index (χ2v) is 9.13. The number of cyclic esters (lactones) is 1. The number of hydrogen-bond acceptors (Lipinski definition) is 6. The number of thiophene rings is 1. The summed E-state index contributed by atoms with van der Waals surface area (Å²) in [5, 5.41) is 3.35. The van der Waals surface area contributed by atoms with Crippen molar-refractivity contribution >= 4 is 34.2 Å². The number of carbonyl (C=O) groups is 3. The van der Waals surface area contributed by atoms with Crippen LogP contribution in [0.1, 0.15) is 62.6 Å². The Kier molecular flexibility index (Phi) is 5.64. The zero-order chi connectivity index (χ0) is 21.4. The number of aryl methyl sites for hydroxylation is 1. The Bertz CT molecular complexity index is 1020. The third-order valence-corrected chi connectivity index (χ3v) is 6.83. The minimum absolute atomic E-state index is 0.268. The van der Waals surface area contributed by atoms with Gasteiger partial charge < -0.3 is 14.8 Å². The van der Waals surface area contributed by atoms with Gasteiger partial charge in [0.15, 0.2) is 6.10 Å². The molecule has 0 saturated heterocycles. The molecule has 0 fully saturated rings. The topological polar surface area (TPSA) is 81.7 Å². The lowest BCUT2D eigenvalue weighted by Crippen LogP contribution is -2.38. The summed E-state index contributed by atoms with van der Waals surface area (Å²) in [6.07, 6.45) is 2.06. The number of benzene rings is 1. The molecule has 158 valence electrons. The molecule has 0 saturated carbocycles. The van der Waals surface area contributed by atoms with Crippen LogP contribution in [-0.2, 0) is 33.5 Å². The number of rotatable bonds is 4. The zero-order valence-electron chi connectivity index (χ0n) is 17.4. The van der Waals surface area contributed by atoms with Crippen LogP contribution in [0.25, 0.3) is 0 Å². The summed E-state index contributed by atoms with van der Waals surface area (Å²) in [4.78, 5) is 39.1. The second kappa shape index (κ2) is 8.22. The molecular formula is C23H25NO5S. The minimum atomic E-state index is -0.930. The number of ether oxygens (including phenoxy) is 2. The molecule has 0 radical (unpaired) electrons. The maximum absolute atomic E-state index is 13.0. The van der Waals surface area contributed by atoms with Gasteiger partial charge in [0.05, 0.1) is 17.7 Å². The highest BCUT2D eigenvalue weighted by molar-refractivity contribution is 7.17. The summed E-state index contributed by atoms with van der Waals surface area (Å²) in [6, 6.07) is 5.56. The van der Waals surface area contributed by atoms with E-state index in [0.29, 0.717) is 28.5 Å². The SMILES string of the molecule is CCOC(=O)c1c(NC(=O)[C@H]2Cc3ccc(C)cc3C(=O)O2)sc2c1CC[C@@H](C)C2. The van der Waals surface area contributed by atoms with Crippen molar-refractivity contribution in [1.29, 1.82) is 0 Å². The average Bonchev–Trinajstić information content (AvgIpc) is 3.05. The van der Waals surface area contributed by atoms with Crippen LogP contribution < -0.4 is 5.32 Å². The molecule has 2 heterocycles. The monoisotopic (exact) mass is 427 g/mol. The van der Waals surface area contributed by atoms with Gasteiger partial charge in [-0.15, -0.1) is 11.3 Å². The quantitative estimate of drug-likeness (QED) is 0.744. The molecule has 1 amide bonds. The van der Waals surface area contributed by atoms with Crippen LogP contribution in [0.5, 0.6) is 0 Å². The normalized spacial score (nSPS) is 20.0. The molecule has 2 aromatic rings. The van der Waals surface area contributed by atoms with Crippen molar-refractivity contribution < 1.29 is 23.9 Å². The predicted octanol–water partition coefficient (Wildman–Crippen LogP) is 4.08. The van der Waals surface area contributed by atoms with Crippen LogP contribution in [0.4, 0.5) is 5.00 Å². The van der Waals surface area contributed by atoms with Gasteiger partial charge in [0.2, 0.25) is 0 Å². The number of nitrogens with one attached hydrogen (secondary N) is 1. The van der Waals surface area contributed by atoms with Crippen LogP contribution in [0.3, 0.4) is 0 Å². The van der Waals surface area contributed by atoms with Gasteiger partial charge in [-0.05, 0) is 56.2 Å². The Balaban J connectivity index is 1.59. The Hall–Kier alpha value is -2.67. The van der Waals surface area contributed by atoms with Gasteiger partial charge >= 0.3 is 11.9 Å². The third kappa shape index (κ3) is 3.86. The van der Waals surface area contributed by atoms with E-state index in [-0.39, 0.29) is 6.61 Å². The maximum atomic E-state index is 13.0. The minimum Gasteiger partial charge on any atom is -0.462 e. The van der Waals surface area contributed by atoms with E-state index in [4.69, 9.17) is 9.47 Å². The highest BCUT2D eigenvalue weighted by Gasteiger charge is 2.34. The highest BCUT2D eigenvalue weighted by Crippen LogP contribution is 2.40. The molecule has 1 aliphatic carbocycles. The fraction of sp³-hybridized carbons (Fsp3) is 0.435. The molecule has 0 spiro atoms. The summed E-state index contributed by atoms with van der Waals surface area (Å²) in [5.74, 6) is -0.799. The predicted molar refractivity (Wildman–Crippen MR) is 114 cm³/mol. The summed E-state index contributed by atoms with van der Waals surface area (Å²) >= 11 is 1.43. The smallest absolute Gasteiger partial charge is 0.341 e. The van der Waals surface area contributed by atoms with E-state index in [0.717, 1.165) is 40.8 Å². The summed E-state index contributed by atoms with van der Waals surface area (Å²) in [6.45, 7) is 6.12. The molecule has 0 bridgehead atoms. The van der Waals surface area contributed by atoms with Crippen molar-refractivity contribution in [2.45, 2.75) is 52.6 Å². The van der Waals surface area contributed by atoms with E-state index in [1.165, 1.54) is 11.3 Å². The molecular weight excluding hydrogens is 402 g/mol. The van der Waals surface area contributed by atoms with Crippen LogP contribution in [0.2, 0.25) is 0 Å². The molecule has 7 heteroatoms. The van der Waals surface area contributed by atoms with Crippen molar-refractivity contribution in [3.05, 3.63) is 50.9 Å². The van der Waals surface area contributed by atoms with E-state index in [1.807, 2.05) is 19.1 Å². The fourth-order valence-electron chi connectivity index (χ4n) is 4.09. The maximum Gasteiger partial charge on any atom is 0.341 e. The van der Waals surface area contributed by atoms with Crippen molar-refractivity contribution in [2.24, 2.45) is 5.92 Å². The summed E-state index contributed by atoms with van der Waals surface area (Å²) < 4.78 is 10.7. The van der Waals surface area contributed by atoms with Crippen molar-refractivity contribution in [2.75, 3.05) is 11.9 Å². The van der Waals surface area contributed by atoms with Gasteiger partial charge in [-0.25, -0.2) is 9.59 Å². The first-order chi connectivity index (χ1) is 14.4. The Labute approximate surface area is 179 Å². The van der Waals surface area contributed by atoms with Gasteiger partial charge in [-0.2, -0.15) is 0 Å². The van der Waals surface area contributed by atoms with Crippen molar-refractivity contribution in [1.82, 2.24) is 0 Å². The van der Waals surface area contributed by atoms with Crippen LogP contribution in [-0.4, -0.2) is 30.6 Å². The number of esters is 2. The molecule has 30 heavy (non-hydrogen) atoms. The van der Waals surface area contributed by atoms with Gasteiger partial charge in [0, 0.05) is 11.3 Å². The number of hydrogen-bond donors (Lipinski definition) is 1. The third-order valence-electron chi connectivity index (χ3n) is 5.66. The summed E-state index contributed by atoms with van der Waals surface area (Å²) in [5.41, 5.74) is 3.70. The van der Waals surface area contributed by atoms with Gasteiger partial charge in [-0.1, -0.05) is 24.6 Å². The van der Waals surface area contributed by atoms with Gasteiger partial charge in [0.25, 0.3) is 5.91 Å². The van der Waals surface area contributed by atoms with Gasteiger partial charge in [0.1, 0.15) is 5.00 Å². The van der Waals surface area contributed by atoms with E-state index in [2.05, 4.69) is 12.2 Å². The van der Waals surface area contributed by atoms with E-state index < -0.39 is 23.9 Å². The average molecular weight is 428 g/mol. The lowest BCUT2D eigenvalue weighted by Gasteiger charge is -2.24. The standard InChI is InChI=1S/C23H25NO5S/c1-4-28-23(27)19-15-8-6-13(3)10-18(15)30-21(19)24-20(25)17-11-14-7-5-12(2)9-16(14)22(26)29-17/h5,7,9,13,17H,4,6,8,10-11H2,1-3H3,(H,24,25)/t13-,17-/m1/s1. The highest BCUT2D eigenvalue weighted by atomic mass is 32.1. The first-order valence-electron chi connectivity index (χ1n) is 10.3. The van der Waals surface area contributed by atoms with Crippen LogP contribution >= 0.6 is 11.3 Å². The lowest BCUT2D eigenvalue weighted by molar-refractivity contribution is -0.125. The molecule has 2 aliphatic rings. The number of amides is 1. The summed E-state index contributed by atoms with van der Waals surface area (Å²) in [7, 11) is 0. The van der Waals surface area contributed by atoms with Gasteiger partial charge in [-0.3, -0.25) is 4.79 Å². The number of fused-ring (bicyclic) bond motifs is 2. The fourth-order valence-corrected chi connectivity index (χ4v) is 5.49. The zero-order valence-corrected chi connectivity index (χ0v) is 18.2. The largest absolute Gasteiger partial charge is 0.462 e. The first kappa shape index (κ1) is 20.6. The van der Waals surface area contributed by atoms with E-state index in [1.54, 1.807) is 13.0 Å². The first-order valence-corrected chi connectivity index (χ1v) is 11.1. The van der Waals surface area contributed by atoms with E-state index in [9.17, 15) is 14.4 Å². The Morgan fingerprint density at radius 1 is 1.30 bits per heavy atom. The molecule has 4 rings (SSSR count). The Morgan fingerprint density at radius 3 is 2.87 bits per heavy atom. The molecule has 2 atom stereocenters. The molecule has 1 aliphatic heterocycles. The molecule has 1 N–H and O–H groups in total. The molecule has 1 aromatic heterocycles. The van der Waals surface area contributed by atoms with Crippen LogP contribution in [0.15, 0.2) is 18.2 Å². The van der Waals surface area contributed by atoms with Crippen LogP contribution in [0, 0.1) is 12.8 Å². The second-order valence-electron chi connectivity index (χ2n) is 8.02. The molecule has 1 aromatic carbocycles. The number of anilines is 1. The van der Waals surface area contributed by atoms with Crippen molar-refractivity contribution in [3.63, 3.8) is 0 Å². The van der Waals surface area contributed by atoms with E-state index >= 15 is 0 Å².